The number of hydrogen-bond acceptors (Lipinski definition) is 3. The van der Waals surface area contributed by atoms with E-state index in [2.05, 4.69) is 28.5 Å². The Balaban J connectivity index is 1.73. The van der Waals surface area contributed by atoms with Gasteiger partial charge in [-0.05, 0) is 23.8 Å². The Hall–Kier alpha value is -2.29. The van der Waals surface area contributed by atoms with Crippen molar-refractivity contribution in [2.24, 2.45) is 0 Å². The molecule has 0 fully saturated rings. The number of oxazole rings is 1. The van der Waals surface area contributed by atoms with Crippen molar-refractivity contribution in [3.8, 4) is 0 Å². The molecule has 0 spiro atoms. The van der Waals surface area contributed by atoms with Gasteiger partial charge in [0.15, 0.2) is 5.58 Å². The van der Waals surface area contributed by atoms with Gasteiger partial charge in [0.05, 0.1) is 0 Å². The monoisotopic (exact) mass is 236 g/mol. The summed E-state index contributed by atoms with van der Waals surface area (Å²) in [6.45, 7) is 0. The van der Waals surface area contributed by atoms with E-state index in [0.29, 0.717) is 0 Å². The minimum absolute atomic E-state index is 0.148. The largest absolute Gasteiger partial charge is 0.438 e. The molecule has 1 aliphatic heterocycles. The molecule has 0 radical (unpaired) electrons. The van der Waals surface area contributed by atoms with E-state index in [1.807, 2.05) is 30.3 Å². The molecule has 18 heavy (non-hydrogen) atoms. The van der Waals surface area contributed by atoms with Crippen LogP contribution < -0.4 is 5.32 Å². The summed E-state index contributed by atoms with van der Waals surface area (Å²) in [4.78, 5) is 4.55. The third-order valence-electron chi connectivity index (χ3n) is 3.38. The zero-order chi connectivity index (χ0) is 11.9. The normalized spacial score (nSPS) is 17.7. The van der Waals surface area contributed by atoms with Crippen molar-refractivity contribution in [3.63, 3.8) is 0 Å². The van der Waals surface area contributed by atoms with Gasteiger partial charge in [0.2, 0.25) is 5.89 Å². The maximum atomic E-state index is 5.81. The van der Waals surface area contributed by atoms with Crippen LogP contribution in [-0.4, -0.2) is 4.98 Å². The van der Waals surface area contributed by atoms with Gasteiger partial charge in [0, 0.05) is 12.1 Å². The maximum absolute atomic E-state index is 5.81. The first-order valence-corrected chi connectivity index (χ1v) is 6.10. The molecule has 3 nitrogen and oxygen atoms in total. The summed E-state index contributed by atoms with van der Waals surface area (Å²) >= 11 is 0. The molecular weight excluding hydrogens is 224 g/mol. The van der Waals surface area contributed by atoms with E-state index in [-0.39, 0.29) is 6.04 Å². The minimum Gasteiger partial charge on any atom is -0.438 e. The van der Waals surface area contributed by atoms with E-state index in [1.165, 1.54) is 11.3 Å². The van der Waals surface area contributed by atoms with E-state index in [4.69, 9.17) is 4.42 Å². The van der Waals surface area contributed by atoms with Crippen LogP contribution in [0, 0.1) is 0 Å². The number of anilines is 1. The third-order valence-corrected chi connectivity index (χ3v) is 3.38. The average Bonchev–Trinajstić information content (AvgIpc) is 3.02. The summed E-state index contributed by atoms with van der Waals surface area (Å²) in [6.07, 6.45) is 0.934. The van der Waals surface area contributed by atoms with Crippen molar-refractivity contribution in [1.82, 2.24) is 4.98 Å². The lowest BCUT2D eigenvalue weighted by Crippen LogP contribution is -2.05. The average molecular weight is 236 g/mol. The van der Waals surface area contributed by atoms with Gasteiger partial charge in [-0.15, -0.1) is 0 Å². The highest BCUT2D eigenvalue weighted by Crippen LogP contribution is 2.34. The van der Waals surface area contributed by atoms with E-state index in [9.17, 15) is 0 Å². The lowest BCUT2D eigenvalue weighted by Gasteiger charge is -2.05. The lowest BCUT2D eigenvalue weighted by molar-refractivity contribution is 0.497. The number of benzene rings is 2. The molecule has 3 aromatic rings. The summed E-state index contributed by atoms with van der Waals surface area (Å²) in [5, 5.41) is 3.46. The Morgan fingerprint density at radius 2 is 1.89 bits per heavy atom. The molecule has 0 bridgehead atoms. The van der Waals surface area contributed by atoms with Crippen LogP contribution in [0.25, 0.3) is 11.1 Å². The van der Waals surface area contributed by atoms with E-state index in [1.54, 1.807) is 0 Å². The highest BCUT2D eigenvalue weighted by molar-refractivity contribution is 5.72. The van der Waals surface area contributed by atoms with Crippen LogP contribution in [0.3, 0.4) is 0 Å². The van der Waals surface area contributed by atoms with E-state index in [0.717, 1.165) is 23.4 Å². The molecule has 0 amide bonds. The Labute approximate surface area is 104 Å². The van der Waals surface area contributed by atoms with Gasteiger partial charge >= 0.3 is 0 Å². The van der Waals surface area contributed by atoms with E-state index >= 15 is 0 Å². The first-order chi connectivity index (χ1) is 8.90. The molecule has 2 heterocycles. The minimum atomic E-state index is 0.148. The van der Waals surface area contributed by atoms with Crippen LogP contribution in [0.1, 0.15) is 17.5 Å². The molecule has 4 rings (SSSR count). The smallest absolute Gasteiger partial charge is 0.218 e. The molecule has 88 valence electrons. The first-order valence-electron chi connectivity index (χ1n) is 6.10. The van der Waals surface area contributed by atoms with Gasteiger partial charge in [-0.25, -0.2) is 4.98 Å². The Kier molecular flexibility index (Phi) is 1.94. The molecule has 0 saturated heterocycles. The highest BCUT2D eigenvalue weighted by atomic mass is 16.3. The summed E-state index contributed by atoms with van der Waals surface area (Å²) in [5.74, 6) is 0.771. The van der Waals surface area contributed by atoms with Crippen molar-refractivity contribution >= 4 is 16.8 Å². The maximum Gasteiger partial charge on any atom is 0.218 e. The fourth-order valence-corrected chi connectivity index (χ4v) is 2.49. The standard InChI is InChI=1S/C15H12N2O/c1-2-6-11-10(5-1)9-13(16-11)15-17-12-7-3-4-8-14(12)18-15/h1-8,13,16H,9H2. The number of para-hydroxylation sites is 3. The fourth-order valence-electron chi connectivity index (χ4n) is 2.49. The molecule has 1 atom stereocenters. The molecule has 2 aromatic carbocycles. The molecular formula is C15H12N2O. The number of aromatic nitrogens is 1. The second-order valence-corrected chi connectivity index (χ2v) is 4.58. The molecule has 0 saturated carbocycles. The third kappa shape index (κ3) is 1.40. The SMILES string of the molecule is c1ccc2c(c1)CC(c1nc3ccccc3o1)N2. The zero-order valence-corrected chi connectivity index (χ0v) is 9.76. The zero-order valence-electron chi connectivity index (χ0n) is 9.76. The molecule has 3 heteroatoms. The summed E-state index contributed by atoms with van der Waals surface area (Å²) in [5.41, 5.74) is 4.28. The van der Waals surface area contributed by atoms with Crippen molar-refractivity contribution in [2.45, 2.75) is 12.5 Å². The van der Waals surface area contributed by atoms with Gasteiger partial charge in [-0.3, -0.25) is 0 Å². The van der Waals surface area contributed by atoms with Gasteiger partial charge in [0.25, 0.3) is 0 Å². The van der Waals surface area contributed by atoms with Crippen LogP contribution in [0.5, 0.6) is 0 Å². The van der Waals surface area contributed by atoms with Gasteiger partial charge in [0.1, 0.15) is 11.6 Å². The molecule has 1 aliphatic rings. The Bertz CT molecular complexity index is 659. The first kappa shape index (κ1) is 9.71. The van der Waals surface area contributed by atoms with Crippen molar-refractivity contribution in [3.05, 3.63) is 60.0 Å². The molecule has 1 unspecified atom stereocenters. The summed E-state index contributed by atoms with van der Waals surface area (Å²) < 4.78 is 5.81. The summed E-state index contributed by atoms with van der Waals surface area (Å²) in [6, 6.07) is 16.4. The van der Waals surface area contributed by atoms with Gasteiger partial charge < -0.3 is 9.73 Å². The van der Waals surface area contributed by atoms with Crippen LogP contribution in [0.2, 0.25) is 0 Å². The quantitative estimate of drug-likeness (QED) is 0.702. The molecule has 1 aromatic heterocycles. The van der Waals surface area contributed by atoms with Crippen LogP contribution in [0.4, 0.5) is 5.69 Å². The van der Waals surface area contributed by atoms with Gasteiger partial charge in [-0.1, -0.05) is 30.3 Å². The predicted octanol–water partition coefficient (Wildman–Crippen LogP) is 3.54. The summed E-state index contributed by atoms with van der Waals surface area (Å²) in [7, 11) is 0. The second kappa shape index (κ2) is 3.60. The van der Waals surface area contributed by atoms with Crippen molar-refractivity contribution < 1.29 is 4.42 Å². The Morgan fingerprint density at radius 1 is 1.06 bits per heavy atom. The number of rotatable bonds is 1. The van der Waals surface area contributed by atoms with Crippen LogP contribution >= 0.6 is 0 Å². The van der Waals surface area contributed by atoms with Gasteiger partial charge in [-0.2, -0.15) is 0 Å². The van der Waals surface area contributed by atoms with Crippen LogP contribution in [0.15, 0.2) is 52.9 Å². The topological polar surface area (TPSA) is 38.1 Å². The number of fused-ring (bicyclic) bond motifs is 2. The Morgan fingerprint density at radius 3 is 2.78 bits per heavy atom. The highest BCUT2D eigenvalue weighted by Gasteiger charge is 2.25. The van der Waals surface area contributed by atoms with E-state index < -0.39 is 0 Å². The number of nitrogens with zero attached hydrogens (tertiary/aromatic N) is 1. The predicted molar refractivity (Wildman–Crippen MR) is 70.5 cm³/mol. The fraction of sp³-hybridized carbons (Fsp3) is 0.133. The van der Waals surface area contributed by atoms with Crippen molar-refractivity contribution in [1.29, 1.82) is 0 Å². The van der Waals surface area contributed by atoms with Crippen molar-refractivity contribution in [2.75, 3.05) is 5.32 Å². The molecule has 0 aliphatic carbocycles. The lowest BCUT2D eigenvalue weighted by atomic mass is 10.1. The van der Waals surface area contributed by atoms with Crippen LogP contribution in [-0.2, 0) is 6.42 Å². The number of hydrogen-bond donors (Lipinski definition) is 1. The second-order valence-electron chi connectivity index (χ2n) is 4.58. The molecule has 1 N–H and O–H groups in total. The number of nitrogens with one attached hydrogen (secondary N) is 1.